The molecule has 0 bridgehead atoms. The summed E-state index contributed by atoms with van der Waals surface area (Å²) in [6, 6.07) is 1.60. The Balaban J connectivity index is 1.44. The molecule has 0 spiro atoms. The molecule has 6 nitrogen and oxygen atoms in total. The largest absolute Gasteiger partial charge is 0.298 e. The third-order valence-electron chi connectivity index (χ3n) is 5.38. The van der Waals surface area contributed by atoms with Gasteiger partial charge in [0.1, 0.15) is 0 Å². The van der Waals surface area contributed by atoms with Crippen molar-refractivity contribution in [3.05, 3.63) is 62.2 Å². The quantitative estimate of drug-likeness (QED) is 0.312. The molecule has 4 heterocycles. The molecule has 0 radical (unpaired) electrons. The summed E-state index contributed by atoms with van der Waals surface area (Å²) in [5.74, 6) is 2.22. The minimum Gasteiger partial charge on any atom is -0.298 e. The lowest BCUT2D eigenvalue weighted by atomic mass is 9.88. The molecule has 0 saturated heterocycles. The number of fused-ring (bicyclic) bond motifs is 2. The van der Waals surface area contributed by atoms with Gasteiger partial charge in [0, 0.05) is 45.8 Å². The average Bonchev–Trinajstić information content (AvgIpc) is 3.45. The number of rotatable bonds is 6. The molecule has 0 aliphatic heterocycles. The second kappa shape index (κ2) is 8.13. The van der Waals surface area contributed by atoms with Crippen LogP contribution in [-0.2, 0) is 25.1 Å². The van der Waals surface area contributed by atoms with E-state index in [1.807, 2.05) is 22.8 Å². The van der Waals surface area contributed by atoms with Gasteiger partial charge in [-0.2, -0.15) is 0 Å². The highest BCUT2D eigenvalue weighted by molar-refractivity contribution is 7.98. The van der Waals surface area contributed by atoms with Crippen LogP contribution in [0.1, 0.15) is 29.5 Å². The minimum absolute atomic E-state index is 0.0516. The summed E-state index contributed by atoms with van der Waals surface area (Å²) in [5.41, 5.74) is 3.35. The molecule has 30 heavy (non-hydrogen) atoms. The van der Waals surface area contributed by atoms with Gasteiger partial charge in [-0.05, 0) is 30.7 Å². The van der Waals surface area contributed by atoms with Crippen LogP contribution in [0.2, 0.25) is 0 Å². The molecule has 1 unspecified atom stereocenters. The van der Waals surface area contributed by atoms with Crippen LogP contribution in [0.15, 0.2) is 45.6 Å². The lowest BCUT2D eigenvalue weighted by Gasteiger charge is -2.19. The Hall–Kier alpha value is -2.23. The Kier molecular flexibility index (Phi) is 5.34. The van der Waals surface area contributed by atoms with Crippen molar-refractivity contribution in [1.82, 2.24) is 24.1 Å². The van der Waals surface area contributed by atoms with Crippen LogP contribution in [0.5, 0.6) is 0 Å². The standard InChI is InChI=1S/C21H21N5OS3/c1-3-6-26-19(16-12-29-17-9-13(2)4-5-15(16)17)23-24-21(26)30-11-14-10-18(27)25-7-8-28-20(25)22-14/h3,7-8,10,12-13H,1,4-6,9,11H2,2H3. The van der Waals surface area contributed by atoms with Crippen LogP contribution >= 0.6 is 34.4 Å². The highest BCUT2D eigenvalue weighted by Crippen LogP contribution is 2.38. The summed E-state index contributed by atoms with van der Waals surface area (Å²) < 4.78 is 3.69. The fourth-order valence-electron chi connectivity index (χ4n) is 3.85. The van der Waals surface area contributed by atoms with Gasteiger partial charge in [0.05, 0.1) is 5.69 Å². The van der Waals surface area contributed by atoms with Crippen LogP contribution in [0, 0.1) is 5.92 Å². The van der Waals surface area contributed by atoms with Gasteiger partial charge in [0.25, 0.3) is 5.56 Å². The summed E-state index contributed by atoms with van der Waals surface area (Å²) in [5, 5.41) is 13.9. The average molecular weight is 456 g/mol. The molecule has 1 aliphatic rings. The summed E-state index contributed by atoms with van der Waals surface area (Å²) in [6.07, 6.45) is 7.11. The molecule has 4 aromatic heterocycles. The van der Waals surface area contributed by atoms with Crippen LogP contribution < -0.4 is 5.56 Å². The molecule has 154 valence electrons. The van der Waals surface area contributed by atoms with Gasteiger partial charge in [0.15, 0.2) is 15.9 Å². The molecular formula is C21H21N5OS3. The van der Waals surface area contributed by atoms with E-state index in [9.17, 15) is 4.79 Å². The molecule has 4 aromatic rings. The molecule has 0 fully saturated rings. The molecule has 1 aliphatic carbocycles. The Morgan fingerprint density at radius 3 is 3.13 bits per heavy atom. The van der Waals surface area contributed by atoms with E-state index in [4.69, 9.17) is 0 Å². The van der Waals surface area contributed by atoms with Gasteiger partial charge in [-0.1, -0.05) is 24.8 Å². The van der Waals surface area contributed by atoms with E-state index in [0.717, 1.165) is 35.4 Å². The first-order valence-electron chi connectivity index (χ1n) is 9.86. The highest BCUT2D eigenvalue weighted by atomic mass is 32.2. The number of nitrogens with zero attached hydrogens (tertiary/aromatic N) is 5. The number of hydrogen-bond acceptors (Lipinski definition) is 7. The maximum Gasteiger partial charge on any atom is 0.258 e. The maximum atomic E-state index is 12.2. The fourth-order valence-corrected chi connectivity index (χ4v) is 6.68. The van der Waals surface area contributed by atoms with E-state index in [0.29, 0.717) is 17.3 Å². The number of hydrogen-bond donors (Lipinski definition) is 0. The predicted molar refractivity (Wildman–Crippen MR) is 124 cm³/mol. The van der Waals surface area contributed by atoms with Crippen molar-refractivity contribution in [3.63, 3.8) is 0 Å². The van der Waals surface area contributed by atoms with Gasteiger partial charge >= 0.3 is 0 Å². The zero-order chi connectivity index (χ0) is 20.7. The van der Waals surface area contributed by atoms with E-state index in [1.54, 1.807) is 28.4 Å². The van der Waals surface area contributed by atoms with Gasteiger partial charge in [-0.25, -0.2) is 4.98 Å². The van der Waals surface area contributed by atoms with Crippen LogP contribution in [-0.4, -0.2) is 24.1 Å². The first kappa shape index (κ1) is 19.7. The number of thioether (sulfide) groups is 1. The molecule has 9 heteroatoms. The summed E-state index contributed by atoms with van der Waals surface area (Å²) in [4.78, 5) is 19.0. The van der Waals surface area contributed by atoms with Gasteiger partial charge < -0.3 is 0 Å². The summed E-state index contributed by atoms with van der Waals surface area (Å²) >= 11 is 4.86. The Bertz CT molecular complexity index is 1280. The summed E-state index contributed by atoms with van der Waals surface area (Å²) in [6.45, 7) is 6.89. The van der Waals surface area contributed by atoms with Crippen LogP contribution in [0.25, 0.3) is 16.3 Å². The van der Waals surface area contributed by atoms with Gasteiger partial charge in [0.2, 0.25) is 0 Å². The van der Waals surface area contributed by atoms with Crippen LogP contribution in [0.4, 0.5) is 0 Å². The van der Waals surface area contributed by atoms with Crippen molar-refractivity contribution in [2.24, 2.45) is 5.92 Å². The second-order valence-corrected chi connectivity index (χ2v) is 10.3. The van der Waals surface area contributed by atoms with Crippen molar-refractivity contribution in [2.75, 3.05) is 0 Å². The van der Waals surface area contributed by atoms with Crippen molar-refractivity contribution < 1.29 is 0 Å². The van der Waals surface area contributed by atoms with Crippen molar-refractivity contribution in [2.45, 2.75) is 43.6 Å². The lowest BCUT2D eigenvalue weighted by Crippen LogP contribution is -2.12. The Morgan fingerprint density at radius 2 is 2.27 bits per heavy atom. The molecular weight excluding hydrogens is 434 g/mol. The number of thiazole rings is 1. The first-order valence-corrected chi connectivity index (χ1v) is 12.6. The third-order valence-corrected chi connectivity index (χ3v) is 8.18. The van der Waals surface area contributed by atoms with E-state index in [1.165, 1.54) is 33.8 Å². The topological polar surface area (TPSA) is 65.1 Å². The van der Waals surface area contributed by atoms with E-state index in [2.05, 4.69) is 38.6 Å². The molecule has 5 rings (SSSR count). The molecule has 0 aromatic carbocycles. The molecule has 0 N–H and O–H groups in total. The van der Waals surface area contributed by atoms with Crippen molar-refractivity contribution in [3.8, 4) is 11.4 Å². The highest BCUT2D eigenvalue weighted by Gasteiger charge is 2.24. The first-order chi connectivity index (χ1) is 14.6. The fraction of sp³-hybridized carbons (Fsp3) is 0.333. The third kappa shape index (κ3) is 3.55. The Labute approximate surface area is 186 Å². The number of aromatic nitrogens is 5. The van der Waals surface area contributed by atoms with Crippen molar-refractivity contribution in [1.29, 1.82) is 0 Å². The second-order valence-electron chi connectivity index (χ2n) is 7.53. The van der Waals surface area contributed by atoms with Gasteiger partial charge in [-0.3, -0.25) is 13.8 Å². The normalized spacial score (nSPS) is 16.1. The van der Waals surface area contributed by atoms with E-state index < -0.39 is 0 Å². The maximum absolute atomic E-state index is 12.2. The van der Waals surface area contributed by atoms with E-state index in [-0.39, 0.29) is 5.56 Å². The molecule has 1 atom stereocenters. The predicted octanol–water partition coefficient (Wildman–Crippen LogP) is 4.68. The summed E-state index contributed by atoms with van der Waals surface area (Å²) in [7, 11) is 0. The lowest BCUT2D eigenvalue weighted by molar-refractivity contribution is 0.508. The van der Waals surface area contributed by atoms with Gasteiger partial charge in [-0.15, -0.1) is 39.4 Å². The number of thiophene rings is 1. The minimum atomic E-state index is -0.0516. The van der Waals surface area contributed by atoms with E-state index >= 15 is 0 Å². The molecule has 0 saturated carbocycles. The zero-order valence-corrected chi connectivity index (χ0v) is 19.0. The zero-order valence-electron chi connectivity index (χ0n) is 16.6. The molecule has 0 amide bonds. The van der Waals surface area contributed by atoms with Crippen LogP contribution in [0.3, 0.4) is 0 Å². The SMILES string of the molecule is C=CCn1c(SCc2cc(=O)n3ccsc3n2)nnc1-c1csc2c1CCC(C)C2. The smallest absolute Gasteiger partial charge is 0.258 e. The monoisotopic (exact) mass is 455 g/mol. The number of allylic oxidation sites excluding steroid dienone is 1. The Morgan fingerprint density at radius 1 is 1.37 bits per heavy atom. The van der Waals surface area contributed by atoms with Crippen molar-refractivity contribution >= 4 is 39.4 Å².